The van der Waals surface area contributed by atoms with E-state index < -0.39 is 6.09 Å². The first-order valence-electron chi connectivity index (χ1n) is 11.1. The minimum atomic E-state index is -0.451. The fraction of sp³-hybridized carbons (Fsp3) is 0.143. The standard InChI is InChI=1S/C28H24N2O4/c1-33-27(31)18-12-13-20-19(16-30-26(20)15-18)7-6-14-29-28(32)34-17-25-23-10-4-2-8-21(23)22-9-3-5-11-24(22)25/h2-13,15-16,25,30H,14,17H2,1H3,(H,29,32). The molecule has 4 aromatic rings. The van der Waals surface area contributed by atoms with Crippen molar-refractivity contribution in [2.24, 2.45) is 0 Å². The molecule has 6 heteroatoms. The summed E-state index contributed by atoms with van der Waals surface area (Å²) in [5, 5.41) is 3.75. The van der Waals surface area contributed by atoms with E-state index in [4.69, 9.17) is 9.47 Å². The van der Waals surface area contributed by atoms with Gasteiger partial charge in [0.05, 0.1) is 12.7 Å². The Labute approximate surface area is 197 Å². The van der Waals surface area contributed by atoms with Crippen molar-refractivity contribution < 1.29 is 19.1 Å². The summed E-state index contributed by atoms with van der Waals surface area (Å²) in [5.41, 5.74) is 7.06. The second kappa shape index (κ2) is 9.27. The molecule has 0 saturated carbocycles. The molecule has 5 rings (SSSR count). The topological polar surface area (TPSA) is 80.4 Å². The van der Waals surface area contributed by atoms with Crippen LogP contribution in [0, 0.1) is 0 Å². The highest BCUT2D eigenvalue weighted by Gasteiger charge is 2.28. The highest BCUT2D eigenvalue weighted by molar-refractivity contribution is 5.97. The van der Waals surface area contributed by atoms with Crippen molar-refractivity contribution in [2.45, 2.75) is 5.92 Å². The van der Waals surface area contributed by atoms with E-state index in [2.05, 4.69) is 34.6 Å². The Morgan fingerprint density at radius 3 is 2.41 bits per heavy atom. The minimum absolute atomic E-state index is 0.0368. The van der Waals surface area contributed by atoms with Crippen LogP contribution in [-0.2, 0) is 9.47 Å². The minimum Gasteiger partial charge on any atom is -0.465 e. The molecule has 1 aromatic heterocycles. The molecule has 0 radical (unpaired) electrons. The molecule has 0 spiro atoms. The lowest BCUT2D eigenvalue weighted by Crippen LogP contribution is -2.26. The van der Waals surface area contributed by atoms with E-state index in [-0.39, 0.29) is 18.5 Å². The molecule has 3 aromatic carbocycles. The summed E-state index contributed by atoms with van der Waals surface area (Å²) in [6, 6.07) is 21.9. The summed E-state index contributed by atoms with van der Waals surface area (Å²) in [6.45, 7) is 0.623. The Hall–Kier alpha value is -4.32. The van der Waals surface area contributed by atoms with Crippen LogP contribution in [0.3, 0.4) is 0 Å². The van der Waals surface area contributed by atoms with Crippen LogP contribution in [0.5, 0.6) is 0 Å². The summed E-state index contributed by atoms with van der Waals surface area (Å²) in [4.78, 5) is 27.2. The average molecular weight is 453 g/mol. The van der Waals surface area contributed by atoms with E-state index in [1.165, 1.54) is 29.4 Å². The number of H-pyrrole nitrogens is 1. The van der Waals surface area contributed by atoms with Crippen LogP contribution in [0.4, 0.5) is 4.79 Å². The largest absolute Gasteiger partial charge is 0.465 e. The summed E-state index contributed by atoms with van der Waals surface area (Å²) in [7, 11) is 1.36. The molecule has 0 fully saturated rings. The number of esters is 1. The number of carbonyl (C=O) groups excluding carboxylic acids is 2. The van der Waals surface area contributed by atoms with Crippen LogP contribution in [0.2, 0.25) is 0 Å². The molecular weight excluding hydrogens is 428 g/mol. The van der Waals surface area contributed by atoms with Crippen molar-refractivity contribution >= 4 is 29.0 Å². The molecule has 0 unspecified atom stereocenters. The second-order valence-corrected chi connectivity index (χ2v) is 8.10. The van der Waals surface area contributed by atoms with Gasteiger partial charge in [-0.3, -0.25) is 0 Å². The number of aromatic nitrogens is 1. The number of amides is 1. The fourth-order valence-corrected chi connectivity index (χ4v) is 4.51. The first kappa shape index (κ1) is 21.5. The Bertz CT molecular complexity index is 1360. The van der Waals surface area contributed by atoms with Crippen LogP contribution < -0.4 is 5.32 Å². The molecule has 2 N–H and O–H groups in total. The molecule has 6 nitrogen and oxygen atoms in total. The number of alkyl carbamates (subject to hydrolysis) is 1. The van der Waals surface area contributed by atoms with Crippen LogP contribution in [0.15, 0.2) is 79.0 Å². The third kappa shape index (κ3) is 4.06. The number of hydrogen-bond donors (Lipinski definition) is 2. The number of aromatic amines is 1. The van der Waals surface area contributed by atoms with Gasteiger partial charge in [-0.05, 0) is 39.9 Å². The summed E-state index contributed by atoms with van der Waals surface area (Å²) < 4.78 is 10.3. The maximum atomic E-state index is 12.3. The third-order valence-electron chi connectivity index (χ3n) is 6.14. The van der Waals surface area contributed by atoms with E-state index >= 15 is 0 Å². The van der Waals surface area contributed by atoms with Crippen molar-refractivity contribution in [1.82, 2.24) is 10.3 Å². The molecule has 170 valence electrons. The molecule has 1 aliphatic carbocycles. The van der Waals surface area contributed by atoms with Crippen LogP contribution in [0.25, 0.3) is 28.1 Å². The quantitative estimate of drug-likeness (QED) is 0.378. The number of fused-ring (bicyclic) bond motifs is 4. The second-order valence-electron chi connectivity index (χ2n) is 8.10. The van der Waals surface area contributed by atoms with Gasteiger partial charge < -0.3 is 19.8 Å². The van der Waals surface area contributed by atoms with Gasteiger partial charge in [0.2, 0.25) is 0 Å². The van der Waals surface area contributed by atoms with Gasteiger partial charge in [0, 0.05) is 29.6 Å². The summed E-state index contributed by atoms with van der Waals surface area (Å²) >= 11 is 0. The first-order chi connectivity index (χ1) is 16.7. The zero-order valence-corrected chi connectivity index (χ0v) is 18.7. The molecule has 0 aliphatic heterocycles. The number of methoxy groups -OCH3 is 1. The van der Waals surface area contributed by atoms with Gasteiger partial charge in [-0.2, -0.15) is 0 Å². The predicted molar refractivity (Wildman–Crippen MR) is 132 cm³/mol. The van der Waals surface area contributed by atoms with E-state index in [0.717, 1.165) is 16.5 Å². The molecule has 1 aliphatic rings. The number of nitrogens with one attached hydrogen (secondary N) is 2. The maximum absolute atomic E-state index is 12.3. The number of benzene rings is 3. The lowest BCUT2D eigenvalue weighted by atomic mass is 9.98. The first-order valence-corrected chi connectivity index (χ1v) is 11.1. The highest BCUT2D eigenvalue weighted by atomic mass is 16.5. The van der Waals surface area contributed by atoms with E-state index in [9.17, 15) is 9.59 Å². The zero-order valence-electron chi connectivity index (χ0n) is 18.7. The Balaban J connectivity index is 1.17. The van der Waals surface area contributed by atoms with Gasteiger partial charge in [-0.25, -0.2) is 9.59 Å². The Morgan fingerprint density at radius 1 is 1.00 bits per heavy atom. The fourth-order valence-electron chi connectivity index (χ4n) is 4.51. The molecule has 1 amide bonds. The maximum Gasteiger partial charge on any atom is 0.407 e. The summed E-state index contributed by atoms with van der Waals surface area (Å²) in [5.74, 6) is -0.337. The molecule has 0 bridgehead atoms. The predicted octanol–water partition coefficient (Wildman–Crippen LogP) is 5.51. The number of ether oxygens (including phenoxy) is 2. The molecular formula is C28H24N2O4. The van der Waals surface area contributed by atoms with E-state index in [1.807, 2.05) is 48.7 Å². The SMILES string of the molecule is COC(=O)c1ccc2c(C=CCNC(=O)OCC3c4ccccc4-c4ccccc43)c[nH]c2c1. The van der Waals surface area contributed by atoms with Crippen molar-refractivity contribution in [3.05, 3.63) is 101 Å². The van der Waals surface area contributed by atoms with E-state index in [0.29, 0.717) is 12.1 Å². The normalized spacial score (nSPS) is 12.5. The van der Waals surface area contributed by atoms with Gasteiger partial charge in [0.25, 0.3) is 0 Å². The van der Waals surface area contributed by atoms with Crippen molar-refractivity contribution in [3.63, 3.8) is 0 Å². The van der Waals surface area contributed by atoms with Gasteiger partial charge in [-0.1, -0.05) is 66.7 Å². The Kier molecular flexibility index (Phi) is 5.87. The van der Waals surface area contributed by atoms with Gasteiger partial charge in [0.15, 0.2) is 0 Å². The number of rotatable bonds is 6. The van der Waals surface area contributed by atoms with Crippen LogP contribution >= 0.6 is 0 Å². The lowest BCUT2D eigenvalue weighted by Gasteiger charge is -2.14. The lowest BCUT2D eigenvalue weighted by molar-refractivity contribution is 0.0601. The Morgan fingerprint density at radius 2 is 1.71 bits per heavy atom. The monoisotopic (exact) mass is 452 g/mol. The van der Waals surface area contributed by atoms with Crippen LogP contribution in [-0.4, -0.2) is 37.3 Å². The number of carbonyl (C=O) groups is 2. The number of hydrogen-bond acceptors (Lipinski definition) is 4. The third-order valence-corrected chi connectivity index (χ3v) is 6.14. The van der Waals surface area contributed by atoms with Gasteiger partial charge in [0.1, 0.15) is 6.61 Å². The van der Waals surface area contributed by atoms with Gasteiger partial charge >= 0.3 is 12.1 Å². The van der Waals surface area contributed by atoms with E-state index in [1.54, 1.807) is 12.1 Å². The molecule has 0 atom stereocenters. The molecule has 34 heavy (non-hydrogen) atoms. The smallest absolute Gasteiger partial charge is 0.407 e. The van der Waals surface area contributed by atoms with Crippen molar-refractivity contribution in [1.29, 1.82) is 0 Å². The van der Waals surface area contributed by atoms with Crippen molar-refractivity contribution in [2.75, 3.05) is 20.3 Å². The average Bonchev–Trinajstić information content (AvgIpc) is 3.43. The summed E-state index contributed by atoms with van der Waals surface area (Å²) in [6.07, 6.45) is 5.18. The zero-order chi connectivity index (χ0) is 23.5. The van der Waals surface area contributed by atoms with Crippen LogP contribution in [0.1, 0.15) is 33.0 Å². The molecule has 1 heterocycles. The molecule has 0 saturated heterocycles. The van der Waals surface area contributed by atoms with Crippen molar-refractivity contribution in [3.8, 4) is 11.1 Å². The highest BCUT2D eigenvalue weighted by Crippen LogP contribution is 2.44. The van der Waals surface area contributed by atoms with Gasteiger partial charge in [-0.15, -0.1) is 0 Å².